The van der Waals surface area contributed by atoms with Gasteiger partial charge in [-0.25, -0.2) is 0 Å². The molecule has 0 aliphatic rings. The first-order valence-corrected chi connectivity index (χ1v) is 7.93. The number of halogens is 1. The van der Waals surface area contributed by atoms with E-state index < -0.39 is 0 Å². The van der Waals surface area contributed by atoms with E-state index in [0.29, 0.717) is 0 Å². The summed E-state index contributed by atoms with van der Waals surface area (Å²) in [6.07, 6.45) is 0. The second kappa shape index (κ2) is 4.22. The average Bonchev–Trinajstić information content (AvgIpc) is 2.80. The van der Waals surface area contributed by atoms with Crippen LogP contribution in [-0.4, -0.2) is 7.85 Å². The van der Waals surface area contributed by atoms with E-state index in [2.05, 4.69) is 59.0 Å². The molecule has 0 unspecified atom stereocenters. The predicted octanol–water partition coefficient (Wildman–Crippen LogP) is 4.61. The fourth-order valence-electron chi connectivity index (χ4n) is 2.60. The van der Waals surface area contributed by atoms with Gasteiger partial charge in [-0.3, -0.25) is 0 Å². The molecule has 0 atom stereocenters. The molecule has 0 nitrogen and oxygen atoms in total. The van der Waals surface area contributed by atoms with Crippen LogP contribution in [0.25, 0.3) is 30.9 Å². The molecule has 2 radical (unpaired) electrons. The first kappa shape index (κ1) is 11.7. The Hall–Kier alpha value is -1.07. The summed E-state index contributed by atoms with van der Waals surface area (Å²) >= 11 is 4.22. The SMILES string of the molecule is [B]c1cccc2c1sc1c3ccccc3c(I)cc21. The molecule has 0 spiro atoms. The van der Waals surface area contributed by atoms with Gasteiger partial charge in [0.15, 0.2) is 0 Å². The number of fused-ring (bicyclic) bond motifs is 5. The minimum absolute atomic E-state index is 0.873. The van der Waals surface area contributed by atoms with Crippen molar-refractivity contribution in [1.29, 1.82) is 0 Å². The maximum absolute atomic E-state index is 6.11. The van der Waals surface area contributed by atoms with E-state index in [9.17, 15) is 0 Å². The molecule has 0 fully saturated rings. The molecule has 4 aromatic rings. The molecule has 0 N–H and O–H groups in total. The average molecular weight is 370 g/mol. The third-order valence-electron chi connectivity index (χ3n) is 3.48. The van der Waals surface area contributed by atoms with E-state index in [0.717, 1.165) is 5.46 Å². The van der Waals surface area contributed by atoms with Crippen molar-refractivity contribution in [1.82, 2.24) is 0 Å². The van der Waals surface area contributed by atoms with Gasteiger partial charge in [0, 0.05) is 23.7 Å². The highest BCUT2D eigenvalue weighted by Gasteiger charge is 2.11. The predicted molar refractivity (Wildman–Crippen MR) is 94.9 cm³/mol. The minimum atomic E-state index is 0.873. The van der Waals surface area contributed by atoms with Crippen molar-refractivity contribution >= 4 is 78.2 Å². The van der Waals surface area contributed by atoms with Crippen LogP contribution in [0.1, 0.15) is 0 Å². The second-order valence-electron chi connectivity index (χ2n) is 4.61. The van der Waals surface area contributed by atoms with Gasteiger partial charge in [-0.05, 0) is 39.4 Å². The Morgan fingerprint density at radius 3 is 2.32 bits per heavy atom. The summed E-state index contributed by atoms with van der Waals surface area (Å²) in [7, 11) is 6.11. The van der Waals surface area contributed by atoms with Crippen LogP contribution in [-0.2, 0) is 0 Å². The molecule has 4 rings (SSSR count). The van der Waals surface area contributed by atoms with E-state index in [1.165, 1.54) is 34.5 Å². The summed E-state index contributed by atoms with van der Waals surface area (Å²) < 4.78 is 3.83. The van der Waals surface area contributed by atoms with E-state index in [4.69, 9.17) is 7.85 Å². The van der Waals surface area contributed by atoms with Gasteiger partial charge in [0.05, 0.1) is 0 Å². The van der Waals surface area contributed by atoms with E-state index >= 15 is 0 Å². The number of rotatable bonds is 0. The van der Waals surface area contributed by atoms with Crippen LogP contribution in [0.4, 0.5) is 0 Å². The van der Waals surface area contributed by atoms with Crippen LogP contribution in [0.15, 0.2) is 48.5 Å². The quantitative estimate of drug-likeness (QED) is 0.314. The zero-order valence-electron chi connectivity index (χ0n) is 9.98. The lowest BCUT2D eigenvalue weighted by molar-refractivity contribution is 1.78. The van der Waals surface area contributed by atoms with Crippen molar-refractivity contribution < 1.29 is 0 Å². The summed E-state index contributed by atoms with van der Waals surface area (Å²) in [5, 5.41) is 5.23. The summed E-state index contributed by atoms with van der Waals surface area (Å²) in [5.74, 6) is 0. The van der Waals surface area contributed by atoms with Crippen LogP contribution in [0, 0.1) is 3.57 Å². The molecule has 0 amide bonds. The standard InChI is InChI=1S/C16H8BIS/c17-13-7-3-6-11-12-8-14(18)9-4-1-2-5-10(9)15(12)19-16(11)13/h1-8H. The van der Waals surface area contributed by atoms with Crippen LogP contribution < -0.4 is 5.46 Å². The minimum Gasteiger partial charge on any atom is -0.135 e. The fraction of sp³-hybridized carbons (Fsp3) is 0. The van der Waals surface area contributed by atoms with Gasteiger partial charge in [0.25, 0.3) is 0 Å². The molecule has 0 saturated carbocycles. The Bertz CT molecular complexity index is 940. The van der Waals surface area contributed by atoms with Gasteiger partial charge >= 0.3 is 0 Å². The van der Waals surface area contributed by atoms with E-state index in [1.807, 2.05) is 12.1 Å². The Morgan fingerprint density at radius 2 is 1.47 bits per heavy atom. The molecule has 88 valence electrons. The summed E-state index contributed by atoms with van der Waals surface area (Å²) in [5.41, 5.74) is 0.873. The molecule has 1 aromatic heterocycles. The van der Waals surface area contributed by atoms with Crippen LogP contribution in [0.2, 0.25) is 0 Å². The van der Waals surface area contributed by atoms with Crippen molar-refractivity contribution in [2.45, 2.75) is 0 Å². The van der Waals surface area contributed by atoms with Crippen LogP contribution in [0.5, 0.6) is 0 Å². The van der Waals surface area contributed by atoms with Gasteiger partial charge in [-0.2, -0.15) is 0 Å². The van der Waals surface area contributed by atoms with Crippen LogP contribution in [0.3, 0.4) is 0 Å². The Kier molecular flexibility index (Phi) is 2.60. The van der Waals surface area contributed by atoms with Gasteiger partial charge in [-0.1, -0.05) is 47.9 Å². The molecular weight excluding hydrogens is 362 g/mol. The van der Waals surface area contributed by atoms with Gasteiger partial charge in [0.2, 0.25) is 0 Å². The Balaban J connectivity index is 2.36. The van der Waals surface area contributed by atoms with Gasteiger partial charge in [-0.15, -0.1) is 11.3 Å². The lowest BCUT2D eigenvalue weighted by atomic mass is 9.94. The van der Waals surface area contributed by atoms with Crippen molar-refractivity contribution in [3.05, 3.63) is 52.1 Å². The van der Waals surface area contributed by atoms with Gasteiger partial charge < -0.3 is 0 Å². The molecular formula is C16H8BIS. The van der Waals surface area contributed by atoms with Crippen molar-refractivity contribution in [3.8, 4) is 0 Å². The topological polar surface area (TPSA) is 0 Å². The molecule has 0 bridgehead atoms. The molecule has 0 saturated heterocycles. The second-order valence-corrected chi connectivity index (χ2v) is 6.79. The highest BCUT2D eigenvalue weighted by Crippen LogP contribution is 2.39. The highest BCUT2D eigenvalue weighted by molar-refractivity contribution is 14.1. The zero-order valence-corrected chi connectivity index (χ0v) is 13.0. The summed E-state index contributed by atoms with van der Waals surface area (Å²) in [6.45, 7) is 0. The lowest BCUT2D eigenvalue weighted by Crippen LogP contribution is -1.99. The van der Waals surface area contributed by atoms with Gasteiger partial charge in [0.1, 0.15) is 7.85 Å². The van der Waals surface area contributed by atoms with E-state index in [1.54, 1.807) is 11.3 Å². The molecule has 3 aromatic carbocycles. The Labute approximate surface area is 130 Å². The summed E-state index contributed by atoms with van der Waals surface area (Å²) in [4.78, 5) is 0. The zero-order chi connectivity index (χ0) is 13.0. The number of benzene rings is 3. The number of hydrogen-bond donors (Lipinski definition) is 0. The first-order valence-electron chi connectivity index (χ1n) is 6.03. The largest absolute Gasteiger partial charge is 0.135 e. The summed E-state index contributed by atoms with van der Waals surface area (Å²) in [6, 6.07) is 17.0. The smallest absolute Gasteiger partial charge is 0.115 e. The fourth-order valence-corrected chi connectivity index (χ4v) is 4.62. The van der Waals surface area contributed by atoms with E-state index in [-0.39, 0.29) is 0 Å². The molecule has 19 heavy (non-hydrogen) atoms. The normalized spacial score (nSPS) is 11.6. The first-order chi connectivity index (χ1) is 9.25. The maximum Gasteiger partial charge on any atom is 0.115 e. The molecule has 3 heteroatoms. The Morgan fingerprint density at radius 1 is 0.789 bits per heavy atom. The molecule has 1 heterocycles. The third-order valence-corrected chi connectivity index (χ3v) is 5.68. The molecule has 0 aliphatic carbocycles. The lowest BCUT2D eigenvalue weighted by Gasteiger charge is -2.02. The van der Waals surface area contributed by atoms with Crippen molar-refractivity contribution in [2.24, 2.45) is 0 Å². The number of thiophene rings is 1. The van der Waals surface area contributed by atoms with Crippen molar-refractivity contribution in [3.63, 3.8) is 0 Å². The van der Waals surface area contributed by atoms with Crippen LogP contribution >= 0.6 is 33.9 Å². The number of hydrogen-bond acceptors (Lipinski definition) is 1. The highest BCUT2D eigenvalue weighted by atomic mass is 127. The monoisotopic (exact) mass is 370 g/mol. The molecule has 0 aliphatic heterocycles. The van der Waals surface area contributed by atoms with Crippen molar-refractivity contribution in [2.75, 3.05) is 0 Å². The third kappa shape index (κ3) is 1.64. The maximum atomic E-state index is 6.11.